The summed E-state index contributed by atoms with van der Waals surface area (Å²) >= 11 is 0. The summed E-state index contributed by atoms with van der Waals surface area (Å²) in [5, 5.41) is 26.7. The molecular weight excluding hydrogens is 534 g/mol. The smallest absolute Gasteiger partial charge is 0.340 e. The highest BCUT2D eigenvalue weighted by molar-refractivity contribution is 5.68. The van der Waals surface area contributed by atoms with E-state index in [1.807, 2.05) is 24.4 Å². The van der Waals surface area contributed by atoms with E-state index in [9.17, 15) is 10.1 Å². The average molecular weight is 576 g/mol. The van der Waals surface area contributed by atoms with Crippen LogP contribution >= 0.6 is 0 Å². The maximum atomic E-state index is 11.1. The molecule has 1 aliphatic heterocycles. The van der Waals surface area contributed by atoms with Gasteiger partial charge in [-0.15, -0.1) is 0 Å². The summed E-state index contributed by atoms with van der Waals surface area (Å²) in [6.07, 6.45) is 7.60. The van der Waals surface area contributed by atoms with Crippen molar-refractivity contribution in [2.75, 3.05) is 37.0 Å². The van der Waals surface area contributed by atoms with Crippen LogP contribution in [0, 0.1) is 23.7 Å². The Kier molecular flexibility index (Phi) is 9.84. The molecule has 1 saturated carbocycles. The van der Waals surface area contributed by atoms with Crippen LogP contribution in [-0.4, -0.2) is 69.6 Å². The maximum absolute atomic E-state index is 11.1. The van der Waals surface area contributed by atoms with Gasteiger partial charge in [0.05, 0.1) is 23.8 Å². The quantitative estimate of drug-likeness (QED) is 0.216. The topological polar surface area (TPSA) is 166 Å². The van der Waals surface area contributed by atoms with E-state index in [2.05, 4.69) is 62.1 Å². The lowest BCUT2D eigenvalue weighted by Gasteiger charge is -2.32. The Morgan fingerprint density at radius 1 is 1.19 bits per heavy atom. The first-order chi connectivity index (χ1) is 20.4. The number of aryl methyl sites for hydroxylation is 1. The van der Waals surface area contributed by atoms with Crippen LogP contribution in [0.4, 0.5) is 11.6 Å². The van der Waals surface area contributed by atoms with Crippen molar-refractivity contribution >= 4 is 11.6 Å². The largest absolute Gasteiger partial charge is 0.381 e. The molecule has 2 aliphatic rings. The summed E-state index contributed by atoms with van der Waals surface area (Å²) in [4.78, 5) is 23.2. The van der Waals surface area contributed by atoms with Gasteiger partial charge < -0.3 is 25.4 Å². The molecule has 42 heavy (non-hydrogen) atoms. The van der Waals surface area contributed by atoms with E-state index in [-0.39, 0.29) is 18.3 Å². The van der Waals surface area contributed by atoms with Crippen molar-refractivity contribution < 1.29 is 9.47 Å². The van der Waals surface area contributed by atoms with Gasteiger partial charge in [-0.3, -0.25) is 4.98 Å². The molecule has 3 aromatic rings. The van der Waals surface area contributed by atoms with E-state index in [0.29, 0.717) is 44.3 Å². The van der Waals surface area contributed by atoms with Crippen LogP contribution in [0.5, 0.6) is 0 Å². The van der Waals surface area contributed by atoms with Crippen LogP contribution in [0.2, 0.25) is 0 Å². The molecule has 1 atom stereocenters. The summed E-state index contributed by atoms with van der Waals surface area (Å²) in [5.74, 6) is 2.13. The summed E-state index contributed by atoms with van der Waals surface area (Å²) in [6, 6.07) is 11.6. The molecule has 1 saturated heterocycles. The molecule has 3 aromatic heterocycles. The van der Waals surface area contributed by atoms with Crippen molar-refractivity contribution in [1.29, 1.82) is 5.26 Å². The fourth-order valence-corrected chi connectivity index (χ4v) is 5.68. The molecule has 0 amide bonds. The number of nitrogens with zero attached hydrogens (tertiary/aromatic N) is 4. The van der Waals surface area contributed by atoms with Crippen molar-refractivity contribution in [3.8, 4) is 17.3 Å². The standard InChI is InChI=1S/C30H41N9O3/c1-20-15-32-27(14-24(20)25-4-3-5-26(36-25)33-19-30(18-31)10-12-41-13-11-30)35-23-8-6-22(7-9-23)34-21(2)16-42-17-28-37-29(40)39-38-28/h3-5,14-15,21-23,34H,6-13,16-17,19H2,1-2H3,(H,32,35)(H,33,36)(H2,37,38,39,40)/t21-,22-,23-/m1/s1. The van der Waals surface area contributed by atoms with E-state index >= 15 is 0 Å². The highest BCUT2D eigenvalue weighted by Gasteiger charge is 2.32. The van der Waals surface area contributed by atoms with Crippen LogP contribution in [0.1, 0.15) is 56.8 Å². The van der Waals surface area contributed by atoms with Crippen molar-refractivity contribution in [3.05, 3.63) is 52.3 Å². The third-order valence-corrected chi connectivity index (χ3v) is 8.18. The Balaban J connectivity index is 1.11. The maximum Gasteiger partial charge on any atom is 0.340 e. The Morgan fingerprint density at radius 2 is 1.98 bits per heavy atom. The molecule has 224 valence electrons. The second-order valence-electron chi connectivity index (χ2n) is 11.6. The predicted octanol–water partition coefficient (Wildman–Crippen LogP) is 3.51. The molecule has 12 nitrogen and oxygen atoms in total. The molecule has 5 rings (SSSR count). The monoisotopic (exact) mass is 575 g/mol. The van der Waals surface area contributed by atoms with Crippen molar-refractivity contribution in [1.82, 2.24) is 30.5 Å². The van der Waals surface area contributed by atoms with E-state index in [4.69, 9.17) is 14.5 Å². The zero-order valence-electron chi connectivity index (χ0n) is 24.4. The van der Waals surface area contributed by atoms with E-state index in [1.54, 1.807) is 0 Å². The second kappa shape index (κ2) is 13.9. The van der Waals surface area contributed by atoms with Gasteiger partial charge in [-0.05, 0) is 76.1 Å². The van der Waals surface area contributed by atoms with Crippen LogP contribution in [0.25, 0.3) is 11.3 Å². The number of rotatable bonds is 12. The number of H-pyrrole nitrogens is 2. The molecule has 0 bridgehead atoms. The number of ether oxygens (including phenoxy) is 2. The Hall–Kier alpha value is -3.79. The number of hydrogen-bond donors (Lipinski definition) is 5. The lowest BCUT2D eigenvalue weighted by atomic mass is 9.82. The second-order valence-corrected chi connectivity index (χ2v) is 11.6. The van der Waals surface area contributed by atoms with Crippen LogP contribution < -0.4 is 21.6 Å². The number of aromatic amines is 2. The molecule has 0 aromatic carbocycles. The highest BCUT2D eigenvalue weighted by Crippen LogP contribution is 2.31. The van der Waals surface area contributed by atoms with Gasteiger partial charge in [0.15, 0.2) is 5.82 Å². The van der Waals surface area contributed by atoms with Crippen LogP contribution in [-0.2, 0) is 16.1 Å². The molecule has 0 radical (unpaired) electrons. The van der Waals surface area contributed by atoms with Gasteiger partial charge >= 0.3 is 5.69 Å². The summed E-state index contributed by atoms with van der Waals surface area (Å²) < 4.78 is 11.1. The van der Waals surface area contributed by atoms with Gasteiger partial charge in [0.1, 0.15) is 18.2 Å². The Labute approximate surface area is 246 Å². The SMILES string of the molecule is Cc1cnc(N[C@H]2CC[C@H](N[C@H](C)COCc3n[nH]c(=O)[nH]3)CC2)cc1-c1cccc(NCC2(C#N)CCOCC2)n1. The first-order valence-corrected chi connectivity index (χ1v) is 14.8. The molecule has 4 heterocycles. The number of anilines is 2. The summed E-state index contributed by atoms with van der Waals surface area (Å²) in [6.45, 7) is 6.79. The lowest BCUT2D eigenvalue weighted by Crippen LogP contribution is -2.43. The minimum atomic E-state index is -0.414. The normalized spacial score (nSPS) is 20.9. The van der Waals surface area contributed by atoms with Crippen LogP contribution in [0.3, 0.4) is 0 Å². The molecule has 12 heteroatoms. The number of nitrogens with one attached hydrogen (secondary N) is 5. The fourth-order valence-electron chi connectivity index (χ4n) is 5.68. The van der Waals surface area contributed by atoms with Gasteiger partial charge in [0, 0.05) is 49.6 Å². The summed E-state index contributed by atoms with van der Waals surface area (Å²) in [5.41, 5.74) is 2.25. The van der Waals surface area contributed by atoms with Gasteiger partial charge in [0.25, 0.3) is 0 Å². The first-order valence-electron chi connectivity index (χ1n) is 14.8. The molecular formula is C30H41N9O3. The lowest BCUT2D eigenvalue weighted by molar-refractivity contribution is 0.0455. The number of pyridine rings is 2. The number of hydrogen-bond acceptors (Lipinski definition) is 10. The third kappa shape index (κ3) is 7.94. The summed E-state index contributed by atoms with van der Waals surface area (Å²) in [7, 11) is 0. The molecule has 1 aliphatic carbocycles. The van der Waals surface area contributed by atoms with E-state index in [1.165, 1.54) is 0 Å². The zero-order chi connectivity index (χ0) is 29.4. The van der Waals surface area contributed by atoms with Crippen molar-refractivity contribution in [3.63, 3.8) is 0 Å². The predicted molar refractivity (Wildman–Crippen MR) is 160 cm³/mol. The van der Waals surface area contributed by atoms with Gasteiger partial charge in [-0.2, -0.15) is 10.4 Å². The molecule has 2 fully saturated rings. The van der Waals surface area contributed by atoms with Crippen molar-refractivity contribution in [2.45, 2.75) is 77.1 Å². The molecule has 0 unspecified atom stereocenters. The van der Waals surface area contributed by atoms with E-state index < -0.39 is 5.41 Å². The minimum absolute atomic E-state index is 0.200. The third-order valence-electron chi connectivity index (χ3n) is 8.18. The van der Waals surface area contributed by atoms with Crippen molar-refractivity contribution in [2.24, 2.45) is 5.41 Å². The molecule has 5 N–H and O–H groups in total. The minimum Gasteiger partial charge on any atom is -0.381 e. The number of nitriles is 1. The Morgan fingerprint density at radius 3 is 2.71 bits per heavy atom. The van der Waals surface area contributed by atoms with Crippen LogP contribution in [0.15, 0.2) is 35.3 Å². The molecule has 0 spiro atoms. The van der Waals surface area contributed by atoms with Gasteiger partial charge in [-0.25, -0.2) is 19.9 Å². The average Bonchev–Trinajstić information content (AvgIpc) is 3.43. The zero-order valence-corrected chi connectivity index (χ0v) is 24.4. The first kappa shape index (κ1) is 29.7. The van der Waals surface area contributed by atoms with E-state index in [0.717, 1.165) is 67.0 Å². The fraction of sp³-hybridized carbons (Fsp3) is 0.567. The Bertz CT molecular complexity index is 1400. The number of aromatic nitrogens is 5. The van der Waals surface area contributed by atoms with Gasteiger partial charge in [0.2, 0.25) is 0 Å². The van der Waals surface area contributed by atoms with Gasteiger partial charge in [-0.1, -0.05) is 6.07 Å². The highest BCUT2D eigenvalue weighted by atomic mass is 16.5.